The normalized spacial score (nSPS) is 11.5. The molecule has 3 N–H and O–H groups in total. The number of aliphatic imine (C=N–C) groups is 1. The molecule has 0 aliphatic carbocycles. The smallest absolute Gasteiger partial charge is 0.191 e. The van der Waals surface area contributed by atoms with Gasteiger partial charge in [0.05, 0.1) is 20.8 Å². The number of nitrogens with one attached hydrogen (secondary N) is 2. The van der Waals surface area contributed by atoms with Gasteiger partial charge in [0.1, 0.15) is 0 Å². The second kappa shape index (κ2) is 15.3. The standard InChI is InChI=1S/C23H39N3O3.HI/c1-7-11-19-14-18(15-20(28-5)21(19)29-6)16-25-22(24-10-4)26-17-23(8-2,9-3)12-13-27;/h7,14-15,27H,1,8-13,16-17H2,2-6H3,(H2,24,25,26);1H. The number of halogens is 1. The van der Waals surface area contributed by atoms with Gasteiger partial charge in [0.15, 0.2) is 17.5 Å². The first-order chi connectivity index (χ1) is 14.0. The van der Waals surface area contributed by atoms with Crippen molar-refractivity contribution in [2.75, 3.05) is 33.9 Å². The summed E-state index contributed by atoms with van der Waals surface area (Å²) >= 11 is 0. The third kappa shape index (κ3) is 8.34. The minimum atomic E-state index is 0. The Morgan fingerprint density at radius 3 is 2.37 bits per heavy atom. The summed E-state index contributed by atoms with van der Waals surface area (Å²) in [5, 5.41) is 16.2. The summed E-state index contributed by atoms with van der Waals surface area (Å²) in [6.07, 6.45) is 5.36. The molecule has 0 spiro atoms. The number of nitrogens with zero attached hydrogens (tertiary/aromatic N) is 1. The molecule has 0 radical (unpaired) electrons. The van der Waals surface area contributed by atoms with Crippen LogP contribution in [-0.2, 0) is 13.0 Å². The lowest BCUT2D eigenvalue weighted by Crippen LogP contribution is -2.43. The fourth-order valence-corrected chi connectivity index (χ4v) is 3.47. The number of hydrogen-bond acceptors (Lipinski definition) is 4. The summed E-state index contributed by atoms with van der Waals surface area (Å²) in [5.74, 6) is 2.22. The van der Waals surface area contributed by atoms with Crippen molar-refractivity contribution in [2.45, 2.75) is 53.0 Å². The zero-order chi connectivity index (χ0) is 21.7. The summed E-state index contributed by atoms with van der Waals surface area (Å²) in [6.45, 7) is 12.5. The lowest BCUT2D eigenvalue weighted by molar-refractivity contribution is 0.169. The van der Waals surface area contributed by atoms with Crippen molar-refractivity contribution in [3.63, 3.8) is 0 Å². The van der Waals surface area contributed by atoms with E-state index in [9.17, 15) is 5.11 Å². The van der Waals surface area contributed by atoms with Crippen LogP contribution in [0.4, 0.5) is 0 Å². The molecule has 1 rings (SSSR count). The zero-order valence-corrected chi connectivity index (χ0v) is 21.5. The zero-order valence-electron chi connectivity index (χ0n) is 19.2. The number of allylic oxidation sites excluding steroid dienone is 1. The van der Waals surface area contributed by atoms with Gasteiger partial charge < -0.3 is 25.2 Å². The largest absolute Gasteiger partial charge is 0.493 e. The lowest BCUT2D eigenvalue weighted by atomic mass is 9.79. The van der Waals surface area contributed by atoms with E-state index in [1.165, 1.54) is 0 Å². The van der Waals surface area contributed by atoms with E-state index in [4.69, 9.17) is 14.5 Å². The van der Waals surface area contributed by atoms with Crippen LogP contribution in [0.3, 0.4) is 0 Å². The molecule has 0 heterocycles. The average molecular weight is 533 g/mol. The number of aliphatic hydroxyl groups is 1. The van der Waals surface area contributed by atoms with Crippen molar-refractivity contribution in [1.82, 2.24) is 10.6 Å². The lowest BCUT2D eigenvalue weighted by Gasteiger charge is -2.32. The molecule has 0 aromatic heterocycles. The number of aliphatic hydroxyl groups excluding tert-OH is 1. The average Bonchev–Trinajstić information content (AvgIpc) is 2.74. The van der Waals surface area contributed by atoms with E-state index in [1.807, 2.05) is 12.1 Å². The summed E-state index contributed by atoms with van der Waals surface area (Å²) in [4.78, 5) is 4.76. The van der Waals surface area contributed by atoms with Crippen LogP contribution in [0.15, 0.2) is 29.8 Å². The molecule has 30 heavy (non-hydrogen) atoms. The Labute approximate surface area is 199 Å². The first kappa shape index (κ1) is 28.5. The van der Waals surface area contributed by atoms with Crippen molar-refractivity contribution < 1.29 is 14.6 Å². The quantitative estimate of drug-likeness (QED) is 0.153. The number of methoxy groups -OCH3 is 2. The van der Waals surface area contributed by atoms with Crippen LogP contribution in [0.5, 0.6) is 11.5 Å². The highest BCUT2D eigenvalue weighted by Gasteiger charge is 2.25. The van der Waals surface area contributed by atoms with Crippen LogP contribution < -0.4 is 20.1 Å². The molecule has 0 aliphatic heterocycles. The molecular weight excluding hydrogens is 493 g/mol. The predicted molar refractivity (Wildman–Crippen MR) is 136 cm³/mol. The number of hydrogen-bond donors (Lipinski definition) is 3. The highest BCUT2D eigenvalue weighted by atomic mass is 127. The second-order valence-electron chi connectivity index (χ2n) is 7.21. The fraction of sp³-hybridized carbons (Fsp3) is 0.609. The van der Waals surface area contributed by atoms with Gasteiger partial charge in [0.25, 0.3) is 0 Å². The Hall–Kier alpha value is -1.48. The summed E-state index contributed by atoms with van der Waals surface area (Å²) in [5.41, 5.74) is 2.15. The molecular formula is C23H40IN3O3. The Kier molecular flexibility index (Phi) is 14.6. The van der Waals surface area contributed by atoms with Gasteiger partial charge in [0, 0.05) is 25.3 Å². The number of guanidine groups is 1. The maximum Gasteiger partial charge on any atom is 0.191 e. The van der Waals surface area contributed by atoms with E-state index in [0.29, 0.717) is 18.7 Å². The number of rotatable bonds is 13. The van der Waals surface area contributed by atoms with E-state index < -0.39 is 0 Å². The Bertz CT molecular complexity index is 661. The molecule has 0 bridgehead atoms. The topological polar surface area (TPSA) is 75.1 Å². The van der Waals surface area contributed by atoms with Crippen LogP contribution >= 0.6 is 24.0 Å². The Balaban J connectivity index is 0.00000841. The second-order valence-corrected chi connectivity index (χ2v) is 7.21. The van der Waals surface area contributed by atoms with Gasteiger partial charge >= 0.3 is 0 Å². The van der Waals surface area contributed by atoms with Crippen LogP contribution in [0.1, 0.15) is 51.2 Å². The molecule has 0 fully saturated rings. The van der Waals surface area contributed by atoms with Gasteiger partial charge in [-0.2, -0.15) is 0 Å². The van der Waals surface area contributed by atoms with Crippen molar-refractivity contribution >= 4 is 29.9 Å². The molecule has 0 atom stereocenters. The molecule has 0 aliphatic rings. The van der Waals surface area contributed by atoms with E-state index in [-0.39, 0.29) is 36.0 Å². The van der Waals surface area contributed by atoms with Crippen molar-refractivity contribution in [3.8, 4) is 11.5 Å². The first-order valence-corrected chi connectivity index (χ1v) is 10.5. The molecule has 7 heteroatoms. The molecule has 0 unspecified atom stereocenters. The van der Waals surface area contributed by atoms with Gasteiger partial charge in [0.2, 0.25) is 0 Å². The monoisotopic (exact) mass is 533 g/mol. The van der Waals surface area contributed by atoms with E-state index >= 15 is 0 Å². The maximum absolute atomic E-state index is 9.44. The van der Waals surface area contributed by atoms with Gasteiger partial charge in [-0.05, 0) is 55.7 Å². The fourth-order valence-electron chi connectivity index (χ4n) is 3.47. The van der Waals surface area contributed by atoms with Gasteiger partial charge in [-0.15, -0.1) is 30.6 Å². The van der Waals surface area contributed by atoms with Crippen molar-refractivity contribution in [3.05, 3.63) is 35.9 Å². The Morgan fingerprint density at radius 1 is 1.17 bits per heavy atom. The van der Waals surface area contributed by atoms with Crippen molar-refractivity contribution in [2.24, 2.45) is 10.4 Å². The summed E-state index contributed by atoms with van der Waals surface area (Å²) in [7, 11) is 3.29. The van der Waals surface area contributed by atoms with Crippen molar-refractivity contribution in [1.29, 1.82) is 0 Å². The van der Waals surface area contributed by atoms with Crippen LogP contribution in [-0.4, -0.2) is 45.0 Å². The molecule has 1 aromatic rings. The van der Waals surface area contributed by atoms with Gasteiger partial charge in [-0.3, -0.25) is 0 Å². The first-order valence-electron chi connectivity index (χ1n) is 10.5. The molecule has 6 nitrogen and oxygen atoms in total. The van der Waals surface area contributed by atoms with E-state index in [0.717, 1.165) is 55.2 Å². The van der Waals surface area contributed by atoms with E-state index in [1.54, 1.807) is 14.2 Å². The molecule has 1 aromatic carbocycles. The maximum atomic E-state index is 9.44. The van der Waals surface area contributed by atoms with Crippen LogP contribution in [0.2, 0.25) is 0 Å². The summed E-state index contributed by atoms with van der Waals surface area (Å²) < 4.78 is 11.0. The van der Waals surface area contributed by atoms with Gasteiger partial charge in [-0.1, -0.05) is 19.9 Å². The Morgan fingerprint density at radius 2 is 1.87 bits per heavy atom. The number of benzene rings is 1. The molecule has 0 saturated carbocycles. The van der Waals surface area contributed by atoms with Crippen LogP contribution in [0, 0.1) is 5.41 Å². The number of ether oxygens (including phenoxy) is 2. The third-order valence-corrected chi connectivity index (χ3v) is 5.52. The minimum Gasteiger partial charge on any atom is -0.493 e. The molecule has 172 valence electrons. The van der Waals surface area contributed by atoms with E-state index in [2.05, 4.69) is 44.1 Å². The summed E-state index contributed by atoms with van der Waals surface area (Å²) in [6, 6.07) is 4.05. The minimum absolute atomic E-state index is 0. The molecule has 0 amide bonds. The van der Waals surface area contributed by atoms with Crippen LogP contribution in [0.25, 0.3) is 0 Å². The molecule has 0 saturated heterocycles. The SMILES string of the molecule is C=CCc1cc(CN=C(NCC)NCC(CC)(CC)CCO)cc(OC)c1OC.I. The highest BCUT2D eigenvalue weighted by molar-refractivity contribution is 14.0. The van der Waals surface area contributed by atoms with Gasteiger partial charge in [-0.25, -0.2) is 4.99 Å². The predicted octanol–water partition coefficient (Wildman–Crippen LogP) is 4.29. The third-order valence-electron chi connectivity index (χ3n) is 5.52. The highest BCUT2D eigenvalue weighted by Crippen LogP contribution is 2.33.